The topological polar surface area (TPSA) is 67.0 Å². The largest absolute Gasteiger partial charge is 0.481 e. The second-order valence-corrected chi connectivity index (χ2v) is 4.40. The molecular weight excluding hydrogens is 266 g/mol. The number of imidazole rings is 1. The molecule has 0 radical (unpaired) electrons. The first-order valence-electron chi connectivity index (χ1n) is 5.83. The van der Waals surface area contributed by atoms with Gasteiger partial charge < -0.3 is 15.0 Å². The first kappa shape index (κ1) is 13.4. The molecule has 0 saturated carbocycles. The van der Waals surface area contributed by atoms with Crippen LogP contribution in [0.3, 0.4) is 0 Å². The van der Waals surface area contributed by atoms with Crippen LogP contribution in [0.4, 0.5) is 0 Å². The molecule has 1 heterocycles. The van der Waals surface area contributed by atoms with Crippen LogP contribution in [-0.4, -0.2) is 22.0 Å². The molecule has 0 spiro atoms. The van der Waals surface area contributed by atoms with Crippen molar-refractivity contribution in [1.29, 1.82) is 0 Å². The van der Waals surface area contributed by atoms with Crippen LogP contribution in [-0.2, 0) is 11.3 Å². The zero-order valence-corrected chi connectivity index (χ0v) is 11.1. The van der Waals surface area contributed by atoms with E-state index in [4.69, 9.17) is 16.3 Å². The quantitative estimate of drug-likeness (QED) is 0.881. The first-order chi connectivity index (χ1) is 9.15. The van der Waals surface area contributed by atoms with Crippen molar-refractivity contribution in [3.63, 3.8) is 0 Å². The van der Waals surface area contributed by atoms with E-state index < -0.39 is 6.10 Å². The summed E-state index contributed by atoms with van der Waals surface area (Å²) in [6, 6.07) is 6.87. The SMILES string of the molecule is CC(Oc1ccc(Cl)cc1)C(=O)NCc1ncc[nH]1. The van der Waals surface area contributed by atoms with Gasteiger partial charge in [-0.1, -0.05) is 11.6 Å². The van der Waals surface area contributed by atoms with Gasteiger partial charge in [0.2, 0.25) is 0 Å². The van der Waals surface area contributed by atoms with Gasteiger partial charge in [0.05, 0.1) is 6.54 Å². The highest BCUT2D eigenvalue weighted by Crippen LogP contribution is 2.16. The molecule has 19 heavy (non-hydrogen) atoms. The van der Waals surface area contributed by atoms with Crippen molar-refractivity contribution >= 4 is 17.5 Å². The number of hydrogen-bond donors (Lipinski definition) is 2. The zero-order chi connectivity index (χ0) is 13.7. The Kier molecular flexibility index (Phi) is 4.41. The summed E-state index contributed by atoms with van der Waals surface area (Å²) in [5.41, 5.74) is 0. The van der Waals surface area contributed by atoms with E-state index >= 15 is 0 Å². The third-order valence-corrected chi connectivity index (χ3v) is 2.73. The Morgan fingerprint density at radius 3 is 2.84 bits per heavy atom. The van der Waals surface area contributed by atoms with Crippen molar-refractivity contribution in [3.8, 4) is 5.75 Å². The fraction of sp³-hybridized carbons (Fsp3) is 0.231. The van der Waals surface area contributed by atoms with E-state index in [1.807, 2.05) is 0 Å². The number of nitrogens with one attached hydrogen (secondary N) is 2. The van der Waals surface area contributed by atoms with Gasteiger partial charge in [0.15, 0.2) is 6.10 Å². The molecule has 1 atom stereocenters. The molecule has 2 N–H and O–H groups in total. The second kappa shape index (κ2) is 6.24. The average Bonchev–Trinajstić information content (AvgIpc) is 2.91. The number of benzene rings is 1. The van der Waals surface area contributed by atoms with Crippen molar-refractivity contribution in [2.24, 2.45) is 0 Å². The lowest BCUT2D eigenvalue weighted by atomic mass is 10.3. The van der Waals surface area contributed by atoms with Crippen molar-refractivity contribution in [2.45, 2.75) is 19.6 Å². The number of aromatic amines is 1. The predicted octanol–water partition coefficient (Wildman–Crippen LogP) is 2.15. The monoisotopic (exact) mass is 279 g/mol. The normalized spacial score (nSPS) is 11.9. The van der Waals surface area contributed by atoms with Gasteiger partial charge >= 0.3 is 0 Å². The molecule has 0 aliphatic rings. The van der Waals surface area contributed by atoms with E-state index in [-0.39, 0.29) is 5.91 Å². The van der Waals surface area contributed by atoms with Gasteiger partial charge in [-0.25, -0.2) is 4.98 Å². The van der Waals surface area contributed by atoms with Gasteiger partial charge in [0, 0.05) is 17.4 Å². The molecule has 1 unspecified atom stereocenters. The summed E-state index contributed by atoms with van der Waals surface area (Å²) in [7, 11) is 0. The van der Waals surface area contributed by atoms with Crippen molar-refractivity contribution in [1.82, 2.24) is 15.3 Å². The van der Waals surface area contributed by atoms with Gasteiger partial charge in [-0.05, 0) is 31.2 Å². The second-order valence-electron chi connectivity index (χ2n) is 3.97. The summed E-state index contributed by atoms with van der Waals surface area (Å²) < 4.78 is 5.50. The molecule has 5 nitrogen and oxygen atoms in total. The van der Waals surface area contributed by atoms with Crippen LogP contribution < -0.4 is 10.1 Å². The van der Waals surface area contributed by atoms with Crippen LogP contribution in [0.25, 0.3) is 0 Å². The third-order valence-electron chi connectivity index (χ3n) is 2.48. The molecule has 0 aliphatic heterocycles. The minimum atomic E-state index is -0.587. The summed E-state index contributed by atoms with van der Waals surface area (Å²) in [5.74, 6) is 1.10. The minimum Gasteiger partial charge on any atom is -0.481 e. The van der Waals surface area contributed by atoms with Gasteiger partial charge in [0.25, 0.3) is 5.91 Å². The maximum atomic E-state index is 11.8. The van der Waals surface area contributed by atoms with E-state index in [1.54, 1.807) is 43.6 Å². The summed E-state index contributed by atoms with van der Waals surface area (Å²) in [4.78, 5) is 18.7. The standard InChI is InChI=1S/C13H14ClN3O2/c1-9(19-11-4-2-10(14)3-5-11)13(18)17-8-12-15-6-7-16-12/h2-7,9H,8H2,1H3,(H,15,16)(H,17,18). The highest BCUT2D eigenvalue weighted by molar-refractivity contribution is 6.30. The number of hydrogen-bond acceptors (Lipinski definition) is 3. The number of aromatic nitrogens is 2. The molecule has 0 saturated heterocycles. The lowest BCUT2D eigenvalue weighted by Crippen LogP contribution is -2.36. The molecule has 0 fully saturated rings. The molecule has 100 valence electrons. The number of halogens is 1. The Hall–Kier alpha value is -2.01. The third kappa shape index (κ3) is 3.99. The van der Waals surface area contributed by atoms with E-state index in [0.717, 1.165) is 0 Å². The van der Waals surface area contributed by atoms with Gasteiger partial charge in [0.1, 0.15) is 11.6 Å². The fourth-order valence-corrected chi connectivity index (χ4v) is 1.61. The summed E-state index contributed by atoms with van der Waals surface area (Å²) in [5, 5.41) is 3.36. The maximum Gasteiger partial charge on any atom is 0.261 e. The Morgan fingerprint density at radius 2 is 2.21 bits per heavy atom. The Bertz CT molecular complexity index is 525. The number of rotatable bonds is 5. The van der Waals surface area contributed by atoms with E-state index in [0.29, 0.717) is 23.1 Å². The lowest BCUT2D eigenvalue weighted by Gasteiger charge is -2.14. The molecule has 2 rings (SSSR count). The van der Waals surface area contributed by atoms with E-state index in [2.05, 4.69) is 15.3 Å². The van der Waals surface area contributed by atoms with E-state index in [1.165, 1.54) is 0 Å². The molecule has 0 aliphatic carbocycles. The van der Waals surface area contributed by atoms with E-state index in [9.17, 15) is 4.79 Å². The average molecular weight is 280 g/mol. The first-order valence-corrected chi connectivity index (χ1v) is 6.21. The molecule has 2 aromatic rings. The van der Waals surface area contributed by atoms with Crippen LogP contribution in [0.5, 0.6) is 5.75 Å². The molecule has 0 bridgehead atoms. The number of H-pyrrole nitrogens is 1. The predicted molar refractivity (Wildman–Crippen MR) is 72.0 cm³/mol. The number of ether oxygens (including phenoxy) is 1. The maximum absolute atomic E-state index is 11.8. The molecule has 6 heteroatoms. The zero-order valence-electron chi connectivity index (χ0n) is 10.4. The highest BCUT2D eigenvalue weighted by Gasteiger charge is 2.14. The minimum absolute atomic E-state index is 0.202. The van der Waals surface area contributed by atoms with Crippen molar-refractivity contribution in [2.75, 3.05) is 0 Å². The number of amides is 1. The van der Waals surface area contributed by atoms with Gasteiger partial charge in [-0.15, -0.1) is 0 Å². The van der Waals surface area contributed by atoms with Crippen LogP contribution in [0, 0.1) is 0 Å². The van der Waals surface area contributed by atoms with Crippen molar-refractivity contribution in [3.05, 3.63) is 47.5 Å². The van der Waals surface area contributed by atoms with Gasteiger partial charge in [-0.2, -0.15) is 0 Å². The van der Waals surface area contributed by atoms with Crippen molar-refractivity contribution < 1.29 is 9.53 Å². The summed E-state index contributed by atoms with van der Waals surface area (Å²) in [6.45, 7) is 2.03. The van der Waals surface area contributed by atoms with Crippen LogP contribution >= 0.6 is 11.6 Å². The Morgan fingerprint density at radius 1 is 1.47 bits per heavy atom. The Labute approximate surface area is 116 Å². The lowest BCUT2D eigenvalue weighted by molar-refractivity contribution is -0.127. The smallest absolute Gasteiger partial charge is 0.261 e. The number of nitrogens with zero attached hydrogens (tertiary/aromatic N) is 1. The highest BCUT2D eigenvalue weighted by atomic mass is 35.5. The Balaban J connectivity index is 1.83. The molecule has 1 amide bonds. The summed E-state index contributed by atoms with van der Waals surface area (Å²) in [6.07, 6.45) is 2.75. The van der Waals surface area contributed by atoms with Gasteiger partial charge in [-0.3, -0.25) is 4.79 Å². The van der Waals surface area contributed by atoms with Crippen LogP contribution in [0.15, 0.2) is 36.7 Å². The fourth-order valence-electron chi connectivity index (χ4n) is 1.48. The molecule has 1 aromatic heterocycles. The molecule has 1 aromatic carbocycles. The molecular formula is C13H14ClN3O2. The summed E-state index contributed by atoms with van der Waals surface area (Å²) >= 11 is 5.77. The number of carbonyl (C=O) groups is 1. The number of carbonyl (C=O) groups excluding carboxylic acids is 1. The van der Waals surface area contributed by atoms with Crippen LogP contribution in [0.2, 0.25) is 5.02 Å². The van der Waals surface area contributed by atoms with Crippen LogP contribution in [0.1, 0.15) is 12.7 Å².